The van der Waals surface area contributed by atoms with Crippen LogP contribution in [0.25, 0.3) is 47.8 Å². The number of benzene rings is 6. The minimum absolute atomic E-state index is 0. The molecule has 0 spiro atoms. The Balaban J connectivity index is 0.00000476. The van der Waals surface area contributed by atoms with Crippen molar-refractivity contribution in [1.82, 2.24) is 9.55 Å². The predicted octanol–water partition coefficient (Wildman–Crippen LogP) is 15.2. The van der Waals surface area contributed by atoms with E-state index in [1.54, 1.807) is 0 Å². The molecule has 0 amide bonds. The molecule has 4 heterocycles. The van der Waals surface area contributed by atoms with Crippen molar-refractivity contribution in [3.63, 3.8) is 0 Å². The molecule has 0 N–H and O–H groups in total. The van der Waals surface area contributed by atoms with Crippen LogP contribution in [0, 0.1) is 18.8 Å². The van der Waals surface area contributed by atoms with Gasteiger partial charge in [0.25, 0.3) is 0 Å². The molecule has 0 radical (unpaired) electrons. The molecule has 1 aliphatic heterocycles. The average molecular weight is 997 g/mol. The third-order valence-corrected chi connectivity index (χ3v) is 12.9. The number of hydrogen-bond donors (Lipinski definition) is 0. The molecule has 5 nitrogen and oxygen atoms in total. The Kier molecular flexibility index (Phi) is 10.00. The summed E-state index contributed by atoms with van der Waals surface area (Å²) in [4.78, 5) is 9.51. The SMILES string of the molecule is CC(C)(C)c1cc(N2[CH-]N(c3[c-]c(Oc4[c-]c5c(cc4)c4ccc6sc7ccccc7c6c4n5-c4cc(C(C)(C)C)ccn4)ccc3)c3ccccc32)cc(C(C)(C)C)c1.[Pt]. The monoisotopic (exact) mass is 996 g/mol. The Labute approximate surface area is 377 Å². The van der Waals surface area contributed by atoms with Crippen LogP contribution in [0.5, 0.6) is 11.5 Å². The van der Waals surface area contributed by atoms with E-state index in [1.807, 2.05) is 35.7 Å². The van der Waals surface area contributed by atoms with Crippen molar-refractivity contribution < 1.29 is 25.8 Å². The Bertz CT molecular complexity index is 3110. The molecule has 7 heteroatoms. The van der Waals surface area contributed by atoms with Gasteiger partial charge in [0.1, 0.15) is 5.82 Å². The van der Waals surface area contributed by atoms with E-state index in [1.165, 1.54) is 36.9 Å². The van der Waals surface area contributed by atoms with Gasteiger partial charge in [0, 0.05) is 76.0 Å². The third kappa shape index (κ3) is 7.22. The first-order chi connectivity index (χ1) is 28.6. The number of ether oxygens (including phenoxy) is 1. The van der Waals surface area contributed by atoms with Gasteiger partial charge in [-0.25, -0.2) is 4.98 Å². The number of aromatic nitrogens is 2. The summed E-state index contributed by atoms with van der Waals surface area (Å²) in [5.74, 6) is 2.08. The van der Waals surface area contributed by atoms with Crippen molar-refractivity contribution in [3.05, 3.63) is 163 Å². The zero-order chi connectivity index (χ0) is 41.7. The summed E-state index contributed by atoms with van der Waals surface area (Å²) in [5, 5.41) is 4.75. The van der Waals surface area contributed by atoms with Crippen LogP contribution in [0.4, 0.5) is 22.7 Å². The summed E-state index contributed by atoms with van der Waals surface area (Å²) in [6, 6.07) is 50.8. The standard InChI is InChI=1S/C54H49N4OS.Pt/c1-52(2,3)34-25-26-55-49(30-34)58-46-32-40(21-22-41(46)42-23-24-48-50(51(42)58)43-17-10-13-20-47(43)60-48)59-39-16-14-15-37(31-39)56-33-57(45-19-12-11-18-44(45)56)38-28-35(53(4,5)6)27-36(29-38)54(7,8)9;/h10-30,33H,1-9H3;/q-3;. The molecule has 9 aromatic rings. The molecule has 1 aliphatic rings. The molecule has 0 unspecified atom stereocenters. The molecular formula is C54H49N4OPtS-3. The Morgan fingerprint density at radius 3 is 1.95 bits per heavy atom. The molecule has 0 aliphatic carbocycles. The Morgan fingerprint density at radius 1 is 0.574 bits per heavy atom. The van der Waals surface area contributed by atoms with E-state index in [4.69, 9.17) is 9.72 Å². The van der Waals surface area contributed by atoms with Gasteiger partial charge in [0.05, 0.1) is 5.52 Å². The first-order valence-electron chi connectivity index (χ1n) is 20.8. The zero-order valence-corrected chi connectivity index (χ0v) is 39.2. The van der Waals surface area contributed by atoms with Gasteiger partial charge in [-0.05, 0) is 86.9 Å². The number of rotatable bonds is 5. The fourth-order valence-electron chi connectivity index (χ4n) is 8.39. The van der Waals surface area contributed by atoms with Gasteiger partial charge in [0.2, 0.25) is 0 Å². The molecule has 0 saturated carbocycles. The van der Waals surface area contributed by atoms with Crippen LogP contribution < -0.4 is 14.5 Å². The Hall–Kier alpha value is -5.42. The molecule has 61 heavy (non-hydrogen) atoms. The van der Waals surface area contributed by atoms with Crippen LogP contribution in [0.1, 0.15) is 79.0 Å². The second kappa shape index (κ2) is 14.9. The Morgan fingerprint density at radius 2 is 1.23 bits per heavy atom. The van der Waals surface area contributed by atoms with E-state index in [9.17, 15) is 0 Å². The summed E-state index contributed by atoms with van der Waals surface area (Å²) in [7, 11) is 0. The molecule has 310 valence electrons. The molecular weight excluding hydrogens is 948 g/mol. The molecule has 0 bridgehead atoms. The van der Waals surface area contributed by atoms with E-state index < -0.39 is 0 Å². The van der Waals surface area contributed by atoms with Gasteiger partial charge in [-0.1, -0.05) is 110 Å². The van der Waals surface area contributed by atoms with Crippen LogP contribution >= 0.6 is 11.3 Å². The third-order valence-electron chi connectivity index (χ3n) is 11.8. The number of nitrogens with zero attached hydrogens (tertiary/aromatic N) is 4. The first kappa shape index (κ1) is 41.0. The van der Waals surface area contributed by atoms with Gasteiger partial charge >= 0.3 is 0 Å². The molecule has 0 atom stereocenters. The van der Waals surface area contributed by atoms with E-state index in [-0.39, 0.29) is 37.3 Å². The summed E-state index contributed by atoms with van der Waals surface area (Å²) in [6.45, 7) is 22.6. The number of thiophene rings is 1. The minimum Gasteiger partial charge on any atom is -0.509 e. The smallest absolute Gasteiger partial charge is 0.135 e. The average Bonchev–Trinajstić information content (AvgIpc) is 3.89. The minimum atomic E-state index is -0.0458. The van der Waals surface area contributed by atoms with Gasteiger partial charge in [-0.3, -0.25) is 0 Å². The van der Waals surface area contributed by atoms with Crippen LogP contribution in [0.3, 0.4) is 0 Å². The second-order valence-electron chi connectivity index (χ2n) is 19.1. The van der Waals surface area contributed by atoms with E-state index >= 15 is 0 Å². The van der Waals surface area contributed by atoms with Gasteiger partial charge in [0.15, 0.2) is 0 Å². The van der Waals surface area contributed by atoms with Crippen molar-refractivity contribution in [1.29, 1.82) is 0 Å². The van der Waals surface area contributed by atoms with Crippen LogP contribution in [0.2, 0.25) is 0 Å². The van der Waals surface area contributed by atoms with E-state index in [0.717, 1.165) is 50.4 Å². The number of anilines is 4. The van der Waals surface area contributed by atoms with E-state index in [0.29, 0.717) is 11.5 Å². The fraction of sp³-hybridized carbons (Fsp3) is 0.222. The van der Waals surface area contributed by atoms with Crippen molar-refractivity contribution in [3.8, 4) is 17.3 Å². The maximum Gasteiger partial charge on any atom is 0.135 e. The topological polar surface area (TPSA) is 33.5 Å². The van der Waals surface area contributed by atoms with Gasteiger partial charge in [-0.2, -0.15) is 12.1 Å². The van der Waals surface area contributed by atoms with Gasteiger partial charge in [-0.15, -0.1) is 59.4 Å². The van der Waals surface area contributed by atoms with Crippen molar-refractivity contribution in [2.24, 2.45) is 0 Å². The summed E-state index contributed by atoms with van der Waals surface area (Å²) in [6.07, 6.45) is 1.93. The molecule has 10 rings (SSSR count). The number of para-hydroxylation sites is 2. The van der Waals surface area contributed by atoms with Crippen molar-refractivity contribution in [2.75, 3.05) is 9.80 Å². The number of hydrogen-bond acceptors (Lipinski definition) is 5. The maximum absolute atomic E-state index is 6.70. The fourth-order valence-corrected chi connectivity index (χ4v) is 9.50. The zero-order valence-electron chi connectivity index (χ0n) is 36.1. The first-order valence-corrected chi connectivity index (χ1v) is 21.6. The normalized spacial score (nSPS) is 13.4. The second-order valence-corrected chi connectivity index (χ2v) is 20.2. The summed E-state index contributed by atoms with van der Waals surface area (Å²) < 4.78 is 11.5. The van der Waals surface area contributed by atoms with Crippen LogP contribution in [-0.4, -0.2) is 9.55 Å². The van der Waals surface area contributed by atoms with Crippen LogP contribution in [-0.2, 0) is 37.3 Å². The molecule has 0 fully saturated rings. The number of pyridine rings is 1. The quantitative estimate of drug-likeness (QED) is 0.161. The maximum atomic E-state index is 6.70. The number of fused-ring (bicyclic) bond motifs is 8. The molecule has 6 aromatic carbocycles. The van der Waals surface area contributed by atoms with Crippen molar-refractivity contribution >= 4 is 76.1 Å². The van der Waals surface area contributed by atoms with Crippen LogP contribution in [0.15, 0.2) is 128 Å². The van der Waals surface area contributed by atoms with Crippen molar-refractivity contribution in [2.45, 2.75) is 78.6 Å². The largest absolute Gasteiger partial charge is 0.509 e. The molecule has 3 aromatic heterocycles. The predicted molar refractivity (Wildman–Crippen MR) is 253 cm³/mol. The molecule has 0 saturated heterocycles. The van der Waals surface area contributed by atoms with Gasteiger partial charge < -0.3 is 19.1 Å². The summed E-state index contributed by atoms with van der Waals surface area (Å²) in [5.41, 5.74) is 10.1. The van der Waals surface area contributed by atoms with E-state index in [2.05, 4.69) is 199 Å². The summed E-state index contributed by atoms with van der Waals surface area (Å²) >= 11 is 1.83.